The quantitative estimate of drug-likeness (QED) is 0.542. The number of carbonyl (C=O) groups is 1. The highest BCUT2D eigenvalue weighted by molar-refractivity contribution is 7.89. The van der Waals surface area contributed by atoms with Crippen molar-refractivity contribution in [2.45, 2.75) is 36.6 Å². The van der Waals surface area contributed by atoms with Crippen molar-refractivity contribution in [3.8, 4) is 0 Å². The normalized spacial score (nSPS) is 13.4. The minimum atomic E-state index is -5.86. The van der Waals surface area contributed by atoms with E-state index in [1.54, 1.807) is 13.0 Å². The molecular formula is C12H13F6N3O3S. The SMILES string of the molecule is Cc1cccc(S(=O)(=O)NNC(=O)NC(C)(C(F)(F)F)C(F)(F)F)c1. The lowest BCUT2D eigenvalue weighted by atomic mass is 10.0. The second-order valence-corrected chi connectivity index (χ2v) is 6.80. The lowest BCUT2D eigenvalue weighted by Crippen LogP contribution is -2.67. The smallest absolute Gasteiger partial charge is 0.315 e. The van der Waals surface area contributed by atoms with Crippen LogP contribution in [0.15, 0.2) is 29.2 Å². The second kappa shape index (κ2) is 6.71. The van der Waals surface area contributed by atoms with E-state index in [1.807, 2.05) is 0 Å². The highest BCUT2D eigenvalue weighted by Gasteiger charge is 2.68. The van der Waals surface area contributed by atoms with Crippen LogP contribution >= 0.6 is 0 Å². The van der Waals surface area contributed by atoms with Crippen LogP contribution in [-0.2, 0) is 10.0 Å². The summed E-state index contributed by atoms with van der Waals surface area (Å²) in [5, 5.41) is 0.682. The average molecular weight is 393 g/mol. The highest BCUT2D eigenvalue weighted by atomic mass is 32.2. The lowest BCUT2D eigenvalue weighted by Gasteiger charge is -2.34. The molecule has 1 aromatic carbocycles. The first kappa shape index (κ1) is 21.0. The Hall–Kier alpha value is -2.02. The molecular weight excluding hydrogens is 380 g/mol. The molecule has 2 amide bonds. The van der Waals surface area contributed by atoms with Gasteiger partial charge in [-0.1, -0.05) is 12.1 Å². The Morgan fingerprint density at radius 1 is 1.04 bits per heavy atom. The van der Waals surface area contributed by atoms with E-state index < -0.39 is 33.9 Å². The van der Waals surface area contributed by atoms with Crippen LogP contribution in [0.25, 0.3) is 0 Å². The van der Waals surface area contributed by atoms with Crippen LogP contribution in [0.4, 0.5) is 31.1 Å². The number of sulfonamides is 1. The maximum Gasteiger partial charge on any atom is 0.420 e. The Labute approximate surface area is 138 Å². The Balaban J connectivity index is 2.89. The number of benzene rings is 1. The van der Waals surface area contributed by atoms with Crippen LogP contribution in [0, 0.1) is 6.92 Å². The topological polar surface area (TPSA) is 87.3 Å². The number of hydrogen-bond acceptors (Lipinski definition) is 3. The molecule has 142 valence electrons. The number of amides is 2. The van der Waals surface area contributed by atoms with Gasteiger partial charge < -0.3 is 5.32 Å². The van der Waals surface area contributed by atoms with Gasteiger partial charge in [-0.15, -0.1) is 4.83 Å². The van der Waals surface area contributed by atoms with E-state index in [-0.39, 0.29) is 11.8 Å². The van der Waals surface area contributed by atoms with Gasteiger partial charge in [0.1, 0.15) is 0 Å². The molecule has 13 heteroatoms. The maximum atomic E-state index is 12.6. The molecule has 0 aliphatic heterocycles. The third-order valence-electron chi connectivity index (χ3n) is 3.10. The number of nitrogens with one attached hydrogen (secondary N) is 3. The standard InChI is InChI=1S/C12H13F6N3O3S/c1-7-4-3-5-8(6-7)25(23,24)21-20-9(22)19-10(2,11(13,14)15)12(16,17)18/h3-6,21H,1-2H3,(H2,19,20,22). The molecule has 0 heterocycles. The Kier molecular flexibility index (Phi) is 5.64. The van der Waals surface area contributed by atoms with Gasteiger partial charge in [-0.2, -0.15) is 26.3 Å². The van der Waals surface area contributed by atoms with Crippen molar-refractivity contribution < 1.29 is 39.6 Å². The van der Waals surface area contributed by atoms with Crippen molar-refractivity contribution >= 4 is 16.1 Å². The van der Waals surface area contributed by atoms with E-state index in [4.69, 9.17) is 0 Å². The first-order valence-corrected chi connectivity index (χ1v) is 7.88. The molecule has 0 atom stereocenters. The molecule has 25 heavy (non-hydrogen) atoms. The molecule has 0 spiro atoms. The molecule has 0 fully saturated rings. The van der Waals surface area contributed by atoms with Crippen LogP contribution in [0.1, 0.15) is 12.5 Å². The predicted molar refractivity (Wildman–Crippen MR) is 73.7 cm³/mol. The van der Waals surface area contributed by atoms with Crippen LogP contribution in [-0.4, -0.2) is 32.3 Å². The largest absolute Gasteiger partial charge is 0.420 e. The molecule has 0 aromatic heterocycles. The van der Waals surface area contributed by atoms with E-state index in [1.165, 1.54) is 22.4 Å². The zero-order chi connectivity index (χ0) is 19.7. The first-order chi connectivity index (χ1) is 11.1. The van der Waals surface area contributed by atoms with E-state index in [0.29, 0.717) is 10.9 Å². The fraction of sp³-hybridized carbons (Fsp3) is 0.417. The van der Waals surface area contributed by atoms with Gasteiger partial charge in [0.2, 0.25) is 5.54 Å². The number of hydrogen-bond donors (Lipinski definition) is 3. The second-order valence-electron chi connectivity index (χ2n) is 5.12. The van der Waals surface area contributed by atoms with Crippen molar-refractivity contribution in [2.24, 2.45) is 0 Å². The molecule has 0 bridgehead atoms. The summed E-state index contributed by atoms with van der Waals surface area (Å²) in [7, 11) is -4.39. The monoisotopic (exact) mass is 393 g/mol. The van der Waals surface area contributed by atoms with Gasteiger partial charge in [0.25, 0.3) is 10.0 Å². The lowest BCUT2D eigenvalue weighted by molar-refractivity contribution is -0.297. The van der Waals surface area contributed by atoms with Gasteiger partial charge in [0.05, 0.1) is 4.90 Å². The van der Waals surface area contributed by atoms with E-state index in [0.717, 1.165) is 6.07 Å². The van der Waals surface area contributed by atoms with Gasteiger partial charge in [-0.05, 0) is 31.5 Å². The molecule has 0 aliphatic rings. The first-order valence-electron chi connectivity index (χ1n) is 6.40. The van der Waals surface area contributed by atoms with Crippen molar-refractivity contribution in [3.63, 3.8) is 0 Å². The van der Waals surface area contributed by atoms with Gasteiger partial charge in [0.15, 0.2) is 0 Å². The Morgan fingerprint density at radius 3 is 2.00 bits per heavy atom. The van der Waals surface area contributed by atoms with Gasteiger partial charge in [-0.25, -0.2) is 13.2 Å². The van der Waals surface area contributed by atoms with Gasteiger partial charge in [0, 0.05) is 0 Å². The minimum absolute atomic E-state index is 0.290. The fourth-order valence-electron chi connectivity index (χ4n) is 1.52. The van der Waals surface area contributed by atoms with Crippen molar-refractivity contribution in [3.05, 3.63) is 29.8 Å². The molecule has 6 nitrogen and oxygen atoms in total. The summed E-state index contributed by atoms with van der Waals surface area (Å²) in [5.41, 5.74) is -2.80. The molecule has 0 saturated heterocycles. The van der Waals surface area contributed by atoms with E-state index in [9.17, 15) is 39.6 Å². The zero-order valence-electron chi connectivity index (χ0n) is 12.7. The van der Waals surface area contributed by atoms with Gasteiger partial charge >= 0.3 is 18.4 Å². The van der Waals surface area contributed by atoms with Crippen molar-refractivity contribution in [2.75, 3.05) is 0 Å². The summed E-state index contributed by atoms with van der Waals surface area (Å²) >= 11 is 0. The zero-order valence-corrected chi connectivity index (χ0v) is 13.5. The van der Waals surface area contributed by atoms with Crippen molar-refractivity contribution in [1.29, 1.82) is 0 Å². The Morgan fingerprint density at radius 2 is 1.56 bits per heavy atom. The van der Waals surface area contributed by atoms with Crippen LogP contribution in [0.2, 0.25) is 0 Å². The fourth-order valence-corrected chi connectivity index (χ4v) is 2.46. The highest BCUT2D eigenvalue weighted by Crippen LogP contribution is 2.42. The van der Waals surface area contributed by atoms with Crippen LogP contribution in [0.3, 0.4) is 0 Å². The van der Waals surface area contributed by atoms with Crippen molar-refractivity contribution in [1.82, 2.24) is 15.6 Å². The maximum absolute atomic E-state index is 12.6. The summed E-state index contributed by atoms with van der Waals surface area (Å²) < 4.78 is 99.6. The summed E-state index contributed by atoms with van der Waals surface area (Å²) in [5.74, 6) is 0. The third kappa shape index (κ3) is 4.75. The Bertz CT molecular complexity index is 731. The number of aryl methyl sites for hydroxylation is 1. The molecule has 1 aromatic rings. The predicted octanol–water partition coefficient (Wildman–Crippen LogP) is 2.37. The average Bonchev–Trinajstić information content (AvgIpc) is 2.43. The summed E-state index contributed by atoms with van der Waals surface area (Å²) in [6.07, 6.45) is -11.7. The summed E-state index contributed by atoms with van der Waals surface area (Å²) in [6, 6.07) is 3.17. The minimum Gasteiger partial charge on any atom is -0.315 e. The van der Waals surface area contributed by atoms with E-state index >= 15 is 0 Å². The third-order valence-corrected chi connectivity index (χ3v) is 4.34. The number of rotatable bonds is 4. The molecule has 3 N–H and O–H groups in total. The number of alkyl halides is 6. The number of halogens is 6. The molecule has 0 unspecified atom stereocenters. The molecule has 1 rings (SSSR count). The summed E-state index contributed by atoms with van der Waals surface area (Å²) in [6.45, 7) is 1.26. The molecule has 0 radical (unpaired) electrons. The number of carbonyl (C=O) groups excluding carboxylic acids is 1. The molecule has 0 saturated carbocycles. The number of hydrazine groups is 1. The van der Waals surface area contributed by atoms with Gasteiger partial charge in [-0.3, -0.25) is 5.43 Å². The molecule has 0 aliphatic carbocycles. The number of urea groups is 1. The summed E-state index contributed by atoms with van der Waals surface area (Å²) in [4.78, 5) is 12.4. The van der Waals surface area contributed by atoms with Crippen LogP contribution in [0.5, 0.6) is 0 Å². The van der Waals surface area contributed by atoms with E-state index in [2.05, 4.69) is 0 Å². The van der Waals surface area contributed by atoms with Crippen LogP contribution < -0.4 is 15.6 Å².